The minimum atomic E-state index is -0.0979. The summed E-state index contributed by atoms with van der Waals surface area (Å²) in [6.07, 6.45) is 1.78. The van der Waals surface area contributed by atoms with Crippen LogP contribution in [0.15, 0.2) is 41.4 Å². The van der Waals surface area contributed by atoms with E-state index >= 15 is 0 Å². The lowest BCUT2D eigenvalue weighted by Crippen LogP contribution is -1.94. The van der Waals surface area contributed by atoms with Gasteiger partial charge in [0.1, 0.15) is 0 Å². The molecule has 0 fully saturated rings. The number of hydrogen-bond donors (Lipinski definition) is 0. The van der Waals surface area contributed by atoms with E-state index in [0.29, 0.717) is 21.5 Å². The average Bonchev–Trinajstić information content (AvgIpc) is 2.54. The Bertz CT molecular complexity index is 686. The molecule has 0 aliphatic carbocycles. The predicted octanol–water partition coefficient (Wildman–Crippen LogP) is 5.19. The molecule has 0 radical (unpaired) electrons. The van der Waals surface area contributed by atoms with Crippen molar-refractivity contribution in [2.75, 3.05) is 14.2 Å². The highest BCUT2D eigenvalue weighted by molar-refractivity contribution is 6.33. The summed E-state index contributed by atoms with van der Waals surface area (Å²) >= 11 is 12.2. The molecule has 0 spiro atoms. The second kappa shape index (κ2) is 7.52. The number of nitrogens with zero attached hydrogens (tertiary/aromatic N) is 1. The summed E-state index contributed by atoms with van der Waals surface area (Å²) in [6, 6.07) is 10.9. The lowest BCUT2D eigenvalue weighted by Gasteiger charge is -2.10. The van der Waals surface area contributed by atoms with E-state index in [2.05, 4.69) is 4.99 Å². The highest BCUT2D eigenvalue weighted by Gasteiger charge is 2.09. The minimum absolute atomic E-state index is 0.0979. The fourth-order valence-electron chi connectivity index (χ4n) is 2.05. The van der Waals surface area contributed by atoms with Gasteiger partial charge in [-0.1, -0.05) is 23.2 Å². The molecule has 0 amide bonds. The van der Waals surface area contributed by atoms with Gasteiger partial charge in [0.05, 0.1) is 20.3 Å². The second-order valence-corrected chi connectivity index (χ2v) is 5.58. The molecule has 1 atom stereocenters. The van der Waals surface area contributed by atoms with E-state index in [-0.39, 0.29) is 6.04 Å². The maximum Gasteiger partial charge on any atom is 0.161 e. The Kier molecular flexibility index (Phi) is 5.69. The average molecular weight is 338 g/mol. The summed E-state index contributed by atoms with van der Waals surface area (Å²) in [5.74, 6) is 1.35. The molecule has 5 heteroatoms. The van der Waals surface area contributed by atoms with Crippen LogP contribution in [0.5, 0.6) is 11.5 Å². The van der Waals surface area contributed by atoms with Crippen molar-refractivity contribution in [1.82, 2.24) is 0 Å². The van der Waals surface area contributed by atoms with E-state index in [1.807, 2.05) is 31.2 Å². The van der Waals surface area contributed by atoms with Gasteiger partial charge < -0.3 is 9.47 Å². The second-order valence-electron chi connectivity index (χ2n) is 4.73. The molecule has 3 nitrogen and oxygen atoms in total. The minimum Gasteiger partial charge on any atom is -0.493 e. The molecule has 2 aromatic rings. The van der Waals surface area contributed by atoms with Crippen LogP contribution in [0.4, 0.5) is 0 Å². The summed E-state index contributed by atoms with van der Waals surface area (Å²) in [4.78, 5) is 4.53. The van der Waals surface area contributed by atoms with Crippen LogP contribution < -0.4 is 9.47 Å². The van der Waals surface area contributed by atoms with Crippen LogP contribution in [-0.2, 0) is 0 Å². The molecule has 22 heavy (non-hydrogen) atoms. The Morgan fingerprint density at radius 1 is 1.00 bits per heavy atom. The van der Waals surface area contributed by atoms with E-state index in [1.54, 1.807) is 32.6 Å². The number of benzene rings is 2. The first-order valence-electron chi connectivity index (χ1n) is 6.75. The van der Waals surface area contributed by atoms with Crippen LogP contribution in [0.25, 0.3) is 0 Å². The molecule has 2 rings (SSSR count). The molecule has 1 unspecified atom stereocenters. The lowest BCUT2D eigenvalue weighted by atomic mass is 10.1. The van der Waals surface area contributed by atoms with E-state index in [0.717, 1.165) is 11.1 Å². The standard InChI is InChI=1S/C17H17Cl2NO2/c1-11(14-9-13(18)5-6-15(14)19)20-10-12-4-7-16(21-2)17(8-12)22-3/h4-11H,1-3H3/b20-10-. The number of ether oxygens (including phenoxy) is 2. The lowest BCUT2D eigenvalue weighted by molar-refractivity contribution is 0.355. The normalized spacial score (nSPS) is 12.4. The third kappa shape index (κ3) is 3.93. The summed E-state index contributed by atoms with van der Waals surface area (Å²) in [6.45, 7) is 1.97. The first kappa shape index (κ1) is 16.7. The number of aliphatic imine (C=N–C) groups is 1. The Morgan fingerprint density at radius 2 is 1.73 bits per heavy atom. The van der Waals surface area contributed by atoms with Crippen molar-refractivity contribution in [2.24, 2.45) is 4.99 Å². The van der Waals surface area contributed by atoms with Gasteiger partial charge in [-0.15, -0.1) is 0 Å². The fourth-order valence-corrected chi connectivity index (χ4v) is 2.50. The zero-order valence-corrected chi connectivity index (χ0v) is 14.2. The largest absolute Gasteiger partial charge is 0.493 e. The summed E-state index contributed by atoms with van der Waals surface area (Å²) in [5, 5.41) is 1.30. The fraction of sp³-hybridized carbons (Fsp3) is 0.235. The molecule has 0 saturated heterocycles. The van der Waals surface area contributed by atoms with Crippen molar-refractivity contribution >= 4 is 29.4 Å². The quantitative estimate of drug-likeness (QED) is 0.703. The van der Waals surface area contributed by atoms with Gasteiger partial charge in [-0.25, -0.2) is 0 Å². The molecule has 0 aromatic heterocycles. The Morgan fingerprint density at radius 3 is 2.41 bits per heavy atom. The third-order valence-corrected chi connectivity index (χ3v) is 3.84. The van der Waals surface area contributed by atoms with Crippen molar-refractivity contribution in [3.8, 4) is 11.5 Å². The Balaban J connectivity index is 2.22. The van der Waals surface area contributed by atoms with E-state index in [4.69, 9.17) is 32.7 Å². The number of methoxy groups -OCH3 is 2. The molecule has 0 bridgehead atoms. The van der Waals surface area contributed by atoms with Crippen molar-refractivity contribution in [3.63, 3.8) is 0 Å². The van der Waals surface area contributed by atoms with Crippen molar-refractivity contribution in [3.05, 3.63) is 57.6 Å². The first-order chi connectivity index (χ1) is 10.5. The van der Waals surface area contributed by atoms with E-state index < -0.39 is 0 Å². The van der Waals surface area contributed by atoms with Gasteiger partial charge >= 0.3 is 0 Å². The van der Waals surface area contributed by atoms with Gasteiger partial charge in [0.2, 0.25) is 0 Å². The number of hydrogen-bond acceptors (Lipinski definition) is 3. The zero-order valence-electron chi connectivity index (χ0n) is 12.6. The highest BCUT2D eigenvalue weighted by Crippen LogP contribution is 2.29. The smallest absolute Gasteiger partial charge is 0.161 e. The van der Waals surface area contributed by atoms with Gasteiger partial charge in [-0.3, -0.25) is 4.99 Å². The highest BCUT2D eigenvalue weighted by atomic mass is 35.5. The first-order valence-corrected chi connectivity index (χ1v) is 7.51. The van der Waals surface area contributed by atoms with Crippen molar-refractivity contribution in [1.29, 1.82) is 0 Å². The summed E-state index contributed by atoms with van der Waals surface area (Å²) < 4.78 is 10.5. The van der Waals surface area contributed by atoms with Crippen LogP contribution in [0.2, 0.25) is 10.0 Å². The van der Waals surface area contributed by atoms with Gasteiger partial charge in [0, 0.05) is 16.3 Å². The number of halogens is 2. The number of rotatable bonds is 5. The Labute approximate surface area is 140 Å². The monoisotopic (exact) mass is 337 g/mol. The molecular formula is C17H17Cl2NO2. The third-order valence-electron chi connectivity index (χ3n) is 3.26. The Hall–Kier alpha value is -1.71. The van der Waals surface area contributed by atoms with Gasteiger partial charge in [-0.2, -0.15) is 0 Å². The van der Waals surface area contributed by atoms with E-state index in [9.17, 15) is 0 Å². The molecule has 116 valence electrons. The van der Waals surface area contributed by atoms with Crippen LogP contribution in [0.3, 0.4) is 0 Å². The predicted molar refractivity (Wildman–Crippen MR) is 92.0 cm³/mol. The summed E-state index contributed by atoms with van der Waals surface area (Å²) in [5.41, 5.74) is 1.81. The molecule has 0 heterocycles. The maximum atomic E-state index is 6.19. The van der Waals surface area contributed by atoms with Crippen LogP contribution in [0.1, 0.15) is 24.1 Å². The van der Waals surface area contributed by atoms with E-state index in [1.165, 1.54) is 0 Å². The topological polar surface area (TPSA) is 30.8 Å². The van der Waals surface area contributed by atoms with Crippen molar-refractivity contribution < 1.29 is 9.47 Å². The molecule has 0 saturated carbocycles. The van der Waals surface area contributed by atoms with Crippen LogP contribution in [0, 0.1) is 0 Å². The zero-order chi connectivity index (χ0) is 16.1. The molecule has 2 aromatic carbocycles. The maximum absolute atomic E-state index is 6.19. The molecule has 0 N–H and O–H groups in total. The van der Waals surface area contributed by atoms with Crippen molar-refractivity contribution in [2.45, 2.75) is 13.0 Å². The molecular weight excluding hydrogens is 321 g/mol. The SMILES string of the molecule is COc1ccc(/C=N\C(C)c2cc(Cl)ccc2Cl)cc1OC. The van der Waals surface area contributed by atoms with Gasteiger partial charge in [0.25, 0.3) is 0 Å². The molecule has 0 aliphatic rings. The van der Waals surface area contributed by atoms with Gasteiger partial charge in [0.15, 0.2) is 11.5 Å². The summed E-state index contributed by atoms with van der Waals surface area (Å²) in [7, 11) is 3.21. The van der Waals surface area contributed by atoms with Crippen LogP contribution in [-0.4, -0.2) is 20.4 Å². The van der Waals surface area contributed by atoms with Crippen LogP contribution >= 0.6 is 23.2 Å². The van der Waals surface area contributed by atoms with Gasteiger partial charge in [-0.05, 0) is 54.4 Å². The molecule has 0 aliphatic heterocycles.